The first-order chi connectivity index (χ1) is 10.1. The van der Waals surface area contributed by atoms with Gasteiger partial charge in [0.05, 0.1) is 12.3 Å². The van der Waals surface area contributed by atoms with E-state index in [1.807, 2.05) is 0 Å². The predicted molar refractivity (Wildman–Crippen MR) is 77.6 cm³/mol. The molecule has 0 spiro atoms. The van der Waals surface area contributed by atoms with Crippen LogP contribution < -0.4 is 10.6 Å². The lowest BCUT2D eigenvalue weighted by Gasteiger charge is -2.23. The van der Waals surface area contributed by atoms with Gasteiger partial charge < -0.3 is 21.1 Å². The van der Waals surface area contributed by atoms with Crippen molar-refractivity contribution in [3.05, 3.63) is 46.7 Å². The van der Waals surface area contributed by atoms with E-state index in [4.69, 9.17) is 10.5 Å². The molecule has 4 nitrogen and oxygen atoms in total. The lowest BCUT2D eigenvalue weighted by Crippen LogP contribution is -2.34. The summed E-state index contributed by atoms with van der Waals surface area (Å²) >= 11 is 0. The topological polar surface area (TPSA) is 68.1 Å². The van der Waals surface area contributed by atoms with E-state index in [9.17, 15) is 8.78 Å². The summed E-state index contributed by atoms with van der Waals surface area (Å²) < 4.78 is 25.9. The Balaban J connectivity index is 2.14. The summed E-state index contributed by atoms with van der Waals surface area (Å²) in [5, 5.41) is 23.1. The molecule has 0 bridgehead atoms. The second-order valence-electron chi connectivity index (χ2n) is 4.87. The molecule has 1 aliphatic heterocycles. The van der Waals surface area contributed by atoms with Crippen LogP contribution >= 0.6 is 0 Å². The highest BCUT2D eigenvalue weighted by molar-refractivity contribution is 5.99. The van der Waals surface area contributed by atoms with Gasteiger partial charge in [0.15, 0.2) is 0 Å². The van der Waals surface area contributed by atoms with E-state index in [2.05, 4.69) is 10.6 Å². The van der Waals surface area contributed by atoms with Gasteiger partial charge in [-0.3, -0.25) is 0 Å². The van der Waals surface area contributed by atoms with E-state index in [0.29, 0.717) is 18.5 Å². The van der Waals surface area contributed by atoms with E-state index in [0.717, 1.165) is 17.8 Å². The van der Waals surface area contributed by atoms with Crippen molar-refractivity contribution in [2.75, 3.05) is 19.7 Å². The van der Waals surface area contributed by atoms with Crippen molar-refractivity contribution in [1.82, 2.24) is 10.6 Å². The van der Waals surface area contributed by atoms with E-state index < -0.39 is 6.43 Å². The lowest BCUT2D eigenvalue weighted by atomic mass is 10.0. The summed E-state index contributed by atoms with van der Waals surface area (Å²) in [6.07, 6.45) is -1.81. The minimum Gasteiger partial charge on any atom is -0.390 e. The number of benzene rings is 1. The Morgan fingerprint density at radius 3 is 2.86 bits per heavy atom. The molecule has 0 aliphatic carbocycles. The molecule has 0 fully saturated rings. The molecule has 6 heteroatoms. The van der Waals surface area contributed by atoms with Crippen molar-refractivity contribution in [3.63, 3.8) is 0 Å². The average Bonchev–Trinajstić information content (AvgIpc) is 2.52. The second kappa shape index (κ2) is 7.28. The fraction of sp³-hybridized carbons (Fsp3) is 0.400. The molecule has 0 saturated heterocycles. The number of hydrogen-bond acceptors (Lipinski definition) is 4. The van der Waals surface area contributed by atoms with Crippen LogP contribution in [0.25, 0.3) is 0 Å². The Morgan fingerprint density at radius 2 is 2.14 bits per heavy atom. The van der Waals surface area contributed by atoms with E-state index in [1.165, 1.54) is 6.07 Å². The third kappa shape index (κ3) is 3.86. The molecular weight excluding hydrogens is 276 g/mol. The molecule has 0 atom stereocenters. The largest absolute Gasteiger partial charge is 0.390 e. The second-order valence-corrected chi connectivity index (χ2v) is 4.87. The van der Waals surface area contributed by atoms with Crippen molar-refractivity contribution < 1.29 is 13.9 Å². The normalized spacial score (nSPS) is 15.4. The van der Waals surface area contributed by atoms with Gasteiger partial charge in [-0.15, -0.1) is 0 Å². The van der Waals surface area contributed by atoms with Crippen LogP contribution in [0.15, 0.2) is 35.5 Å². The molecule has 0 amide bonds. The van der Waals surface area contributed by atoms with Gasteiger partial charge in [-0.05, 0) is 5.56 Å². The molecule has 1 aromatic carbocycles. The van der Waals surface area contributed by atoms with Crippen LogP contribution in [-0.2, 0) is 6.54 Å². The van der Waals surface area contributed by atoms with E-state index in [1.54, 1.807) is 18.2 Å². The molecule has 21 heavy (non-hydrogen) atoms. The summed E-state index contributed by atoms with van der Waals surface area (Å²) in [5.41, 5.74) is 2.30. The Morgan fingerprint density at radius 1 is 1.38 bits per heavy atom. The standard InChI is InChI=1S/C15H19F2N3O/c16-15(17)11-4-2-1-3-10(11)7-20-14-5-6-19-8-12(14)13(18)9-21/h1-4,15,18-21H,5-9H2. The van der Waals surface area contributed by atoms with Crippen LogP contribution in [0.3, 0.4) is 0 Å². The van der Waals surface area contributed by atoms with Crippen molar-refractivity contribution in [2.45, 2.75) is 19.4 Å². The number of halogens is 2. The van der Waals surface area contributed by atoms with Crippen molar-refractivity contribution >= 4 is 5.71 Å². The fourth-order valence-electron chi connectivity index (χ4n) is 2.37. The summed E-state index contributed by atoms with van der Waals surface area (Å²) in [4.78, 5) is 0. The van der Waals surface area contributed by atoms with Crippen LogP contribution in [0, 0.1) is 5.41 Å². The van der Waals surface area contributed by atoms with Gasteiger partial charge in [-0.2, -0.15) is 0 Å². The zero-order chi connectivity index (χ0) is 15.2. The van der Waals surface area contributed by atoms with Gasteiger partial charge in [0, 0.05) is 42.9 Å². The molecule has 0 unspecified atom stereocenters. The molecule has 4 N–H and O–H groups in total. The summed E-state index contributed by atoms with van der Waals surface area (Å²) in [6.45, 7) is 1.24. The third-order valence-electron chi connectivity index (χ3n) is 3.52. The number of rotatable bonds is 6. The maximum absolute atomic E-state index is 12.9. The molecular formula is C15H19F2N3O. The van der Waals surface area contributed by atoms with Gasteiger partial charge in [-0.1, -0.05) is 24.3 Å². The van der Waals surface area contributed by atoms with E-state index >= 15 is 0 Å². The molecule has 0 saturated carbocycles. The lowest BCUT2D eigenvalue weighted by molar-refractivity contribution is 0.150. The summed E-state index contributed by atoms with van der Waals surface area (Å²) in [6, 6.07) is 6.43. The fourth-order valence-corrected chi connectivity index (χ4v) is 2.37. The summed E-state index contributed by atoms with van der Waals surface area (Å²) in [5.74, 6) is 0. The first-order valence-corrected chi connectivity index (χ1v) is 6.84. The highest BCUT2D eigenvalue weighted by Crippen LogP contribution is 2.23. The smallest absolute Gasteiger partial charge is 0.264 e. The van der Waals surface area contributed by atoms with Gasteiger partial charge >= 0.3 is 0 Å². The van der Waals surface area contributed by atoms with Crippen LogP contribution in [0.5, 0.6) is 0 Å². The molecule has 1 aliphatic rings. The minimum absolute atomic E-state index is 0.0262. The van der Waals surface area contributed by atoms with Crippen molar-refractivity contribution in [2.24, 2.45) is 0 Å². The Hall–Kier alpha value is -1.79. The number of alkyl halides is 2. The molecule has 0 radical (unpaired) electrons. The van der Waals surface area contributed by atoms with Crippen LogP contribution in [0.2, 0.25) is 0 Å². The quantitative estimate of drug-likeness (QED) is 0.607. The maximum Gasteiger partial charge on any atom is 0.264 e. The zero-order valence-corrected chi connectivity index (χ0v) is 11.6. The first-order valence-electron chi connectivity index (χ1n) is 6.84. The maximum atomic E-state index is 12.9. The van der Waals surface area contributed by atoms with Crippen LogP contribution in [-0.4, -0.2) is 30.5 Å². The number of hydrogen-bond donors (Lipinski definition) is 4. The molecule has 1 aromatic rings. The SMILES string of the molecule is N=C(CO)C1=C(NCc2ccccc2C(F)F)CCNC1. The van der Waals surface area contributed by atoms with Crippen LogP contribution in [0.4, 0.5) is 8.78 Å². The van der Waals surface area contributed by atoms with Crippen LogP contribution in [0.1, 0.15) is 24.0 Å². The Kier molecular flexibility index (Phi) is 5.41. The van der Waals surface area contributed by atoms with Crippen molar-refractivity contribution in [3.8, 4) is 0 Å². The highest BCUT2D eigenvalue weighted by Gasteiger charge is 2.17. The van der Waals surface area contributed by atoms with Gasteiger partial charge in [0.1, 0.15) is 0 Å². The number of aliphatic hydroxyl groups is 1. The minimum atomic E-state index is -2.50. The zero-order valence-electron chi connectivity index (χ0n) is 11.6. The van der Waals surface area contributed by atoms with Gasteiger partial charge in [0.25, 0.3) is 6.43 Å². The number of aliphatic hydroxyl groups excluding tert-OH is 1. The third-order valence-corrected chi connectivity index (χ3v) is 3.52. The van der Waals surface area contributed by atoms with Gasteiger partial charge in [0.2, 0.25) is 0 Å². The predicted octanol–water partition coefficient (Wildman–Crippen LogP) is 1.97. The van der Waals surface area contributed by atoms with Gasteiger partial charge in [-0.25, -0.2) is 8.78 Å². The Bertz CT molecular complexity index is 543. The monoisotopic (exact) mass is 295 g/mol. The first kappa shape index (κ1) is 15.6. The number of nitrogens with one attached hydrogen (secondary N) is 3. The Labute approximate surface area is 122 Å². The summed E-state index contributed by atoms with van der Waals surface area (Å²) in [7, 11) is 0. The average molecular weight is 295 g/mol. The molecule has 0 aromatic heterocycles. The molecule has 2 rings (SSSR count). The van der Waals surface area contributed by atoms with E-state index in [-0.39, 0.29) is 24.4 Å². The molecule has 114 valence electrons. The molecule has 1 heterocycles. The van der Waals surface area contributed by atoms with Crippen molar-refractivity contribution in [1.29, 1.82) is 5.41 Å². The highest BCUT2D eigenvalue weighted by atomic mass is 19.3.